The van der Waals surface area contributed by atoms with Crippen molar-refractivity contribution in [3.8, 4) is 0 Å². The molecule has 1 saturated carbocycles. The number of epoxide rings is 2. The molecule has 14 nitrogen and oxygen atoms in total. The molecule has 2 saturated heterocycles. The number of urea groups is 1. The van der Waals surface area contributed by atoms with Crippen molar-refractivity contribution >= 4 is 23.9 Å². The number of amides is 5. The van der Waals surface area contributed by atoms with Crippen molar-refractivity contribution in [2.24, 2.45) is 5.92 Å². The maximum Gasteiger partial charge on any atom is 0.407 e. The van der Waals surface area contributed by atoms with Gasteiger partial charge in [-0.15, -0.1) is 0 Å². The Balaban J connectivity index is 0.996. The van der Waals surface area contributed by atoms with Crippen molar-refractivity contribution in [3.05, 3.63) is 47.5 Å². The first-order valence-electron chi connectivity index (χ1n) is 17.0. The van der Waals surface area contributed by atoms with E-state index >= 15 is 0 Å². The molecule has 49 heavy (non-hydrogen) atoms. The summed E-state index contributed by atoms with van der Waals surface area (Å²) in [6.07, 6.45) is 3.90. The number of hydrogen-bond acceptors (Lipinski definition) is 10. The monoisotopic (exact) mass is 688 g/mol. The van der Waals surface area contributed by atoms with Crippen LogP contribution in [-0.2, 0) is 44.4 Å². The quantitative estimate of drug-likeness (QED) is 0.0959. The Hall–Kier alpha value is -3.56. The Kier molecular flexibility index (Phi) is 14.4. The van der Waals surface area contributed by atoms with Crippen molar-refractivity contribution in [1.29, 1.82) is 0 Å². The van der Waals surface area contributed by atoms with Crippen LogP contribution < -0.4 is 21.3 Å². The van der Waals surface area contributed by atoms with Crippen LogP contribution in [0, 0.1) is 5.92 Å². The molecule has 1 aliphatic carbocycles. The van der Waals surface area contributed by atoms with Gasteiger partial charge in [0.2, 0.25) is 11.8 Å². The van der Waals surface area contributed by atoms with Crippen molar-refractivity contribution in [3.63, 3.8) is 0 Å². The molecule has 4 N–H and O–H groups in total. The predicted molar refractivity (Wildman–Crippen MR) is 179 cm³/mol. The number of carbonyl (C=O) groups is 4. The zero-order valence-corrected chi connectivity index (χ0v) is 29.0. The maximum absolute atomic E-state index is 12.6. The summed E-state index contributed by atoms with van der Waals surface area (Å²) in [5.41, 5.74) is 1.56. The Morgan fingerprint density at radius 1 is 0.959 bits per heavy atom. The Morgan fingerprint density at radius 2 is 1.65 bits per heavy atom. The zero-order valence-electron chi connectivity index (χ0n) is 29.0. The van der Waals surface area contributed by atoms with Gasteiger partial charge >= 0.3 is 12.1 Å². The summed E-state index contributed by atoms with van der Waals surface area (Å²) < 4.78 is 34.9. The van der Waals surface area contributed by atoms with Crippen LogP contribution in [0.4, 0.5) is 9.59 Å². The summed E-state index contributed by atoms with van der Waals surface area (Å²) in [5, 5.41) is 9.91. The lowest BCUT2D eigenvalue weighted by Crippen LogP contribution is -2.56. The minimum absolute atomic E-state index is 0.0422. The number of hydrogen-bond donors (Lipinski definition) is 4. The molecule has 4 rings (SSSR count). The fourth-order valence-electron chi connectivity index (χ4n) is 6.42. The summed E-state index contributed by atoms with van der Waals surface area (Å²) in [6.45, 7) is 8.27. The molecule has 14 heteroatoms. The number of aryl methyl sites for hydroxylation is 1. The van der Waals surface area contributed by atoms with E-state index in [9.17, 15) is 19.2 Å². The van der Waals surface area contributed by atoms with Crippen LogP contribution in [0.25, 0.3) is 0 Å². The smallest absolute Gasteiger partial charge is 0.407 e. The number of rotatable bonds is 19. The average molecular weight is 689 g/mol. The van der Waals surface area contributed by atoms with Crippen molar-refractivity contribution in [2.75, 3.05) is 59.8 Å². The number of alkyl carbamates (subject to hydrolysis) is 1. The van der Waals surface area contributed by atoms with Crippen LogP contribution in [0.15, 0.2) is 42.0 Å². The van der Waals surface area contributed by atoms with Crippen LogP contribution in [-0.4, -0.2) is 113 Å². The summed E-state index contributed by atoms with van der Waals surface area (Å²) >= 11 is 0. The normalized spacial score (nSPS) is 26.7. The number of imide groups is 1. The first-order valence-corrected chi connectivity index (χ1v) is 17.0. The van der Waals surface area contributed by atoms with E-state index in [2.05, 4.69) is 48.1 Å². The van der Waals surface area contributed by atoms with Crippen molar-refractivity contribution in [2.45, 2.75) is 82.4 Å². The minimum atomic E-state index is -0.727. The molecule has 2 aliphatic heterocycles. The fraction of sp³-hybridized carbons (Fsp3) is 0.657. The molecular weight excluding hydrogens is 636 g/mol. The molecule has 272 valence electrons. The summed E-state index contributed by atoms with van der Waals surface area (Å²) in [5.74, 6) is -0.880. The molecule has 0 bridgehead atoms. The molecule has 0 aromatic heterocycles. The molecule has 4 unspecified atom stereocenters. The lowest BCUT2D eigenvalue weighted by molar-refractivity contribution is -0.121. The average Bonchev–Trinajstić information content (AvgIpc) is 4.00. The van der Waals surface area contributed by atoms with Crippen molar-refractivity contribution < 1.29 is 47.6 Å². The lowest BCUT2D eigenvalue weighted by atomic mass is 9.68. The number of allylic oxidation sites excluding steroid dienone is 1. The topological polar surface area (TPSA) is 178 Å². The standard InChI is InChI=1S/C35H52N4O10/c1-24(2)10-12-27-34(3,49-27)31-30(44-4)26(14-15-35(31)23-47-35)48-33(43)37-17-19-46-21-20-45-18-16-36-29(41)22-38-32(42)39-28(40)13-11-25-8-6-5-7-9-25/h5-10,26-27,30-31H,11-23H2,1-4H3,(H,36,41)(H,37,43)(H2,38,39,40,42)/t26?,27-,30?,31?,34?,35+/m1/s1. The highest BCUT2D eigenvalue weighted by Gasteiger charge is 2.72. The van der Waals surface area contributed by atoms with E-state index in [1.165, 1.54) is 5.57 Å². The van der Waals surface area contributed by atoms with Gasteiger partial charge in [-0.2, -0.15) is 0 Å². The highest BCUT2D eigenvalue weighted by Crippen LogP contribution is 2.59. The molecule has 6 atom stereocenters. The summed E-state index contributed by atoms with van der Waals surface area (Å²) in [4.78, 5) is 48.3. The van der Waals surface area contributed by atoms with Crippen LogP contribution in [0.5, 0.6) is 0 Å². The van der Waals surface area contributed by atoms with E-state index in [1.807, 2.05) is 30.3 Å². The third-order valence-electron chi connectivity index (χ3n) is 9.10. The SMILES string of the molecule is COC1C(OC(=O)NCCOCCOCCNC(=O)CNC(=O)NC(=O)CCc2ccccc2)CC[C@]2(CO2)C1C1(C)O[C@@H]1CC=C(C)C. The lowest BCUT2D eigenvalue weighted by Gasteiger charge is -2.42. The Bertz CT molecular complexity index is 1290. The maximum atomic E-state index is 12.6. The van der Waals surface area contributed by atoms with Gasteiger partial charge in [0.25, 0.3) is 0 Å². The largest absolute Gasteiger partial charge is 0.443 e. The van der Waals surface area contributed by atoms with Gasteiger partial charge in [0.15, 0.2) is 0 Å². The molecule has 1 aromatic rings. The highest BCUT2D eigenvalue weighted by atomic mass is 16.6. The fourth-order valence-corrected chi connectivity index (χ4v) is 6.42. The zero-order chi connectivity index (χ0) is 35.3. The van der Waals surface area contributed by atoms with Crippen LogP contribution in [0.1, 0.15) is 52.0 Å². The summed E-state index contributed by atoms with van der Waals surface area (Å²) in [6, 6.07) is 8.74. The number of benzene rings is 1. The molecule has 1 aromatic carbocycles. The first kappa shape index (κ1) is 38.2. The van der Waals surface area contributed by atoms with Gasteiger partial charge in [-0.05, 0) is 52.0 Å². The van der Waals surface area contributed by atoms with E-state index in [1.54, 1.807) is 7.11 Å². The van der Waals surface area contributed by atoms with Crippen LogP contribution in [0.2, 0.25) is 0 Å². The van der Waals surface area contributed by atoms with E-state index in [0.29, 0.717) is 32.7 Å². The number of methoxy groups -OCH3 is 1. The summed E-state index contributed by atoms with van der Waals surface area (Å²) in [7, 11) is 1.65. The number of nitrogens with one attached hydrogen (secondary N) is 4. The molecular formula is C35H52N4O10. The third kappa shape index (κ3) is 11.8. The first-order chi connectivity index (χ1) is 23.6. The molecule has 2 heterocycles. The van der Waals surface area contributed by atoms with Gasteiger partial charge in [-0.25, -0.2) is 9.59 Å². The molecule has 5 amide bonds. The van der Waals surface area contributed by atoms with E-state index in [-0.39, 0.29) is 63.0 Å². The van der Waals surface area contributed by atoms with Gasteiger partial charge in [0, 0.05) is 26.6 Å². The van der Waals surface area contributed by atoms with Gasteiger partial charge in [-0.3, -0.25) is 14.9 Å². The predicted octanol–water partition coefficient (Wildman–Crippen LogP) is 2.40. The van der Waals surface area contributed by atoms with Gasteiger partial charge in [0.1, 0.15) is 23.4 Å². The molecule has 3 fully saturated rings. The van der Waals surface area contributed by atoms with Gasteiger partial charge < -0.3 is 44.4 Å². The van der Waals surface area contributed by atoms with E-state index in [0.717, 1.165) is 18.4 Å². The second kappa shape index (κ2) is 18.4. The third-order valence-corrected chi connectivity index (χ3v) is 9.10. The molecule has 0 radical (unpaired) electrons. The molecule has 1 spiro atoms. The Morgan fingerprint density at radius 3 is 2.31 bits per heavy atom. The van der Waals surface area contributed by atoms with Crippen LogP contribution in [0.3, 0.4) is 0 Å². The highest BCUT2D eigenvalue weighted by molar-refractivity contribution is 5.95. The number of carbonyl (C=O) groups excluding carboxylic acids is 4. The van der Waals surface area contributed by atoms with Crippen molar-refractivity contribution in [1.82, 2.24) is 21.3 Å². The minimum Gasteiger partial charge on any atom is -0.443 e. The van der Waals surface area contributed by atoms with E-state index < -0.39 is 35.6 Å². The van der Waals surface area contributed by atoms with Gasteiger partial charge in [0.05, 0.1) is 51.6 Å². The van der Waals surface area contributed by atoms with E-state index in [4.69, 9.17) is 28.4 Å². The molecule has 3 aliphatic rings. The second-order valence-corrected chi connectivity index (χ2v) is 13.0. The second-order valence-electron chi connectivity index (χ2n) is 13.0. The Labute approximate surface area is 288 Å². The van der Waals surface area contributed by atoms with Crippen LogP contribution >= 0.6 is 0 Å². The van der Waals surface area contributed by atoms with Gasteiger partial charge in [-0.1, -0.05) is 42.0 Å². The number of ether oxygens (including phenoxy) is 6.